The lowest BCUT2D eigenvalue weighted by atomic mass is 9.83. The predicted molar refractivity (Wildman–Crippen MR) is 189 cm³/mol. The number of amides is 4. The average Bonchev–Trinajstić information content (AvgIpc) is 3.30. The number of unbranched alkanes of at least 4 members (excludes halogenated alkanes) is 1. The number of para-hydroxylation sites is 1. The third kappa shape index (κ3) is 9.46. The van der Waals surface area contributed by atoms with Crippen molar-refractivity contribution in [3.05, 3.63) is 102 Å². The number of carbonyl (C=O) groups excluding carboxylic acids is 4. The summed E-state index contributed by atoms with van der Waals surface area (Å²) in [6, 6.07) is 26.0. The molecule has 4 rings (SSSR count). The Bertz CT molecular complexity index is 1620. The molecule has 1 aliphatic heterocycles. The number of aliphatic imine (C=N–C) groups is 1. The Morgan fingerprint density at radius 1 is 0.776 bits per heavy atom. The smallest absolute Gasteiger partial charge is 0.414 e. The fourth-order valence-corrected chi connectivity index (χ4v) is 5.50. The molecule has 11 heteroatoms. The Balaban J connectivity index is 1.57. The molecule has 0 spiro atoms. The van der Waals surface area contributed by atoms with E-state index in [1.165, 1.54) is 4.90 Å². The summed E-state index contributed by atoms with van der Waals surface area (Å²) in [6.45, 7) is 12.7. The fourth-order valence-electron chi connectivity index (χ4n) is 5.50. The summed E-state index contributed by atoms with van der Waals surface area (Å²) < 4.78 is 10.8. The van der Waals surface area contributed by atoms with Crippen molar-refractivity contribution >= 4 is 35.6 Å². The monoisotopic (exact) mass is 669 g/mol. The van der Waals surface area contributed by atoms with E-state index in [0.29, 0.717) is 30.5 Å². The lowest BCUT2D eigenvalue weighted by Crippen LogP contribution is -2.48. The van der Waals surface area contributed by atoms with E-state index in [4.69, 9.17) is 14.5 Å². The molecule has 4 amide bonds. The zero-order chi connectivity index (χ0) is 35.8. The van der Waals surface area contributed by atoms with Crippen LogP contribution in [0.4, 0.5) is 15.3 Å². The highest BCUT2D eigenvalue weighted by molar-refractivity contribution is 6.12. The van der Waals surface area contributed by atoms with Gasteiger partial charge in [0.05, 0.1) is 0 Å². The molecule has 1 heterocycles. The van der Waals surface area contributed by atoms with Gasteiger partial charge in [0, 0.05) is 18.8 Å². The van der Waals surface area contributed by atoms with E-state index in [-0.39, 0.29) is 30.9 Å². The number of hydrogen-bond acceptors (Lipinski definition) is 7. The molecule has 260 valence electrons. The molecule has 0 aliphatic carbocycles. The molecular formula is C38H47N5O6. The molecule has 3 aromatic carbocycles. The van der Waals surface area contributed by atoms with Crippen LogP contribution in [0.15, 0.2) is 89.9 Å². The van der Waals surface area contributed by atoms with Crippen LogP contribution in [0.5, 0.6) is 0 Å². The summed E-state index contributed by atoms with van der Waals surface area (Å²) in [4.78, 5) is 61.3. The zero-order valence-corrected chi connectivity index (χ0v) is 29.4. The Morgan fingerprint density at radius 3 is 1.86 bits per heavy atom. The fraction of sp³-hybridized carbons (Fsp3) is 0.395. The third-order valence-corrected chi connectivity index (χ3v) is 7.58. The van der Waals surface area contributed by atoms with E-state index >= 15 is 0 Å². The summed E-state index contributed by atoms with van der Waals surface area (Å²) >= 11 is 0. The Hall–Kier alpha value is -5.19. The van der Waals surface area contributed by atoms with Crippen molar-refractivity contribution in [1.29, 1.82) is 0 Å². The number of carbonyl (C=O) groups is 4. The second-order valence-electron chi connectivity index (χ2n) is 13.9. The highest BCUT2D eigenvalue weighted by atomic mass is 16.6. The van der Waals surface area contributed by atoms with Crippen molar-refractivity contribution in [3.8, 4) is 0 Å². The first-order chi connectivity index (χ1) is 23.1. The predicted octanol–water partition coefficient (Wildman–Crippen LogP) is 6.30. The standard InChI is InChI=1S/C38H47N5O6/c1-27-18-14-15-23-30(27)42(31(44)26-39-34(46)48-36(2,3)4)24-16-17-25-43-32(45)38(28-19-10-8-11-20-28,29-21-12-9-13-22-29)41-33(43)40-35(47)49-37(5,6)7/h8-15,18-23H,16-17,24-26H2,1-7H3,(H,39,46)(H,40,41,47). The Kier molecular flexibility index (Phi) is 11.5. The quantitative estimate of drug-likeness (QED) is 0.244. The second kappa shape index (κ2) is 15.4. The van der Waals surface area contributed by atoms with Gasteiger partial charge in [-0.3, -0.25) is 19.8 Å². The van der Waals surface area contributed by atoms with E-state index in [0.717, 1.165) is 11.3 Å². The van der Waals surface area contributed by atoms with Crippen LogP contribution in [0.1, 0.15) is 71.1 Å². The van der Waals surface area contributed by atoms with Gasteiger partial charge >= 0.3 is 12.2 Å². The number of hydrogen-bond donors (Lipinski definition) is 2. The summed E-state index contributed by atoms with van der Waals surface area (Å²) in [5.74, 6) is -0.539. The van der Waals surface area contributed by atoms with Gasteiger partial charge in [-0.15, -0.1) is 0 Å². The van der Waals surface area contributed by atoms with E-state index in [9.17, 15) is 19.2 Å². The van der Waals surface area contributed by atoms with Crippen molar-refractivity contribution in [2.45, 2.75) is 78.0 Å². The van der Waals surface area contributed by atoms with Crippen molar-refractivity contribution < 1.29 is 28.7 Å². The molecule has 0 unspecified atom stereocenters. The van der Waals surface area contributed by atoms with E-state index in [1.807, 2.05) is 91.9 Å². The van der Waals surface area contributed by atoms with Crippen molar-refractivity contribution in [2.75, 3.05) is 24.5 Å². The molecule has 11 nitrogen and oxygen atoms in total. The van der Waals surface area contributed by atoms with Gasteiger partial charge < -0.3 is 19.7 Å². The Morgan fingerprint density at radius 2 is 1.31 bits per heavy atom. The molecule has 3 aromatic rings. The molecule has 0 aromatic heterocycles. The molecule has 0 fully saturated rings. The summed E-state index contributed by atoms with van der Waals surface area (Å²) in [7, 11) is 0. The number of benzene rings is 3. The maximum absolute atomic E-state index is 14.6. The summed E-state index contributed by atoms with van der Waals surface area (Å²) in [6.07, 6.45) is -0.438. The van der Waals surface area contributed by atoms with E-state index in [2.05, 4.69) is 10.6 Å². The average molecular weight is 670 g/mol. The minimum absolute atomic E-state index is 0.0837. The largest absolute Gasteiger partial charge is 0.444 e. The van der Waals surface area contributed by atoms with Crippen LogP contribution in [0, 0.1) is 6.92 Å². The number of alkyl carbamates (subject to hydrolysis) is 2. The van der Waals surface area contributed by atoms with Gasteiger partial charge in [-0.05, 0) is 84.1 Å². The van der Waals surface area contributed by atoms with Crippen molar-refractivity contribution in [3.63, 3.8) is 0 Å². The molecule has 1 aliphatic rings. The van der Waals surface area contributed by atoms with Gasteiger partial charge in [-0.1, -0.05) is 78.9 Å². The number of nitrogens with zero attached hydrogens (tertiary/aromatic N) is 3. The minimum atomic E-state index is -1.43. The van der Waals surface area contributed by atoms with E-state index < -0.39 is 28.9 Å². The normalized spacial score (nSPS) is 14.1. The number of aryl methyl sites for hydroxylation is 1. The molecule has 49 heavy (non-hydrogen) atoms. The third-order valence-electron chi connectivity index (χ3n) is 7.58. The van der Waals surface area contributed by atoms with Crippen LogP contribution in [-0.4, -0.2) is 65.7 Å². The van der Waals surface area contributed by atoms with Gasteiger partial charge in [-0.2, -0.15) is 0 Å². The molecule has 0 saturated heterocycles. The Labute approximate surface area is 288 Å². The number of rotatable bonds is 10. The van der Waals surface area contributed by atoms with E-state index in [1.54, 1.807) is 46.4 Å². The molecule has 0 atom stereocenters. The number of ether oxygens (including phenoxy) is 2. The maximum Gasteiger partial charge on any atom is 0.414 e. The molecule has 0 radical (unpaired) electrons. The first-order valence-electron chi connectivity index (χ1n) is 16.5. The van der Waals surface area contributed by atoms with Gasteiger partial charge in [0.2, 0.25) is 11.9 Å². The van der Waals surface area contributed by atoms with Gasteiger partial charge in [-0.25, -0.2) is 14.6 Å². The van der Waals surface area contributed by atoms with Crippen molar-refractivity contribution in [1.82, 2.24) is 15.5 Å². The molecule has 0 saturated carbocycles. The van der Waals surface area contributed by atoms with Crippen LogP contribution >= 0.6 is 0 Å². The second-order valence-corrected chi connectivity index (χ2v) is 13.9. The summed E-state index contributed by atoms with van der Waals surface area (Å²) in [5.41, 5.74) is 0.0408. The minimum Gasteiger partial charge on any atom is -0.444 e. The molecular weight excluding hydrogens is 622 g/mol. The van der Waals surface area contributed by atoms with Gasteiger partial charge in [0.1, 0.15) is 17.7 Å². The summed E-state index contributed by atoms with van der Waals surface area (Å²) in [5, 5.41) is 5.29. The lowest BCUT2D eigenvalue weighted by Gasteiger charge is -2.28. The lowest BCUT2D eigenvalue weighted by molar-refractivity contribution is -0.130. The van der Waals surface area contributed by atoms with Crippen LogP contribution in [0.3, 0.4) is 0 Å². The first kappa shape index (κ1) is 36.6. The van der Waals surface area contributed by atoms with Crippen molar-refractivity contribution in [2.24, 2.45) is 4.99 Å². The van der Waals surface area contributed by atoms with Gasteiger partial charge in [0.25, 0.3) is 5.91 Å². The van der Waals surface area contributed by atoms with Crippen LogP contribution < -0.4 is 15.5 Å². The SMILES string of the molecule is Cc1ccccc1N(CCCCN1C(=O)C(c2ccccc2)(c2ccccc2)N=C1NC(=O)OC(C)(C)C)C(=O)CNC(=O)OC(C)(C)C. The van der Waals surface area contributed by atoms with Gasteiger partial charge in [0.15, 0.2) is 5.54 Å². The van der Waals surface area contributed by atoms with Crippen LogP contribution in [0.2, 0.25) is 0 Å². The first-order valence-corrected chi connectivity index (χ1v) is 16.5. The number of anilines is 1. The number of nitrogens with one attached hydrogen (secondary N) is 2. The maximum atomic E-state index is 14.6. The number of guanidine groups is 1. The van der Waals surface area contributed by atoms with Crippen LogP contribution in [-0.2, 0) is 24.6 Å². The highest BCUT2D eigenvalue weighted by Crippen LogP contribution is 2.40. The zero-order valence-electron chi connectivity index (χ0n) is 29.4. The highest BCUT2D eigenvalue weighted by Gasteiger charge is 2.51. The molecule has 0 bridgehead atoms. The van der Waals surface area contributed by atoms with Crippen LogP contribution in [0.25, 0.3) is 0 Å². The topological polar surface area (TPSA) is 130 Å². The molecule has 2 N–H and O–H groups in total.